The first-order valence-electron chi connectivity index (χ1n) is 10.1. The summed E-state index contributed by atoms with van der Waals surface area (Å²) in [5, 5.41) is 5.31. The lowest BCUT2D eigenvalue weighted by Gasteiger charge is -2.21. The van der Waals surface area contributed by atoms with Crippen molar-refractivity contribution in [1.82, 2.24) is 5.32 Å². The molecule has 0 spiro atoms. The number of ether oxygens (including phenoxy) is 3. The van der Waals surface area contributed by atoms with E-state index in [1.807, 2.05) is 66.7 Å². The molecule has 164 valence electrons. The van der Waals surface area contributed by atoms with Gasteiger partial charge in [0.25, 0.3) is 0 Å². The highest BCUT2D eigenvalue weighted by atomic mass is 32.2. The fraction of sp³-hybridized carbons (Fsp3) is 0.167. The van der Waals surface area contributed by atoms with Gasteiger partial charge in [-0.25, -0.2) is 4.79 Å². The fourth-order valence-corrected chi connectivity index (χ4v) is 3.92. The Morgan fingerprint density at radius 3 is 2.28 bits per heavy atom. The lowest BCUT2D eigenvalue weighted by atomic mass is 10.2. The van der Waals surface area contributed by atoms with E-state index in [0.29, 0.717) is 30.4 Å². The van der Waals surface area contributed by atoms with Crippen LogP contribution < -0.4 is 20.1 Å². The molecule has 1 heterocycles. The summed E-state index contributed by atoms with van der Waals surface area (Å²) in [6, 6.07) is 22.7. The smallest absolute Gasteiger partial charge is 0.407 e. The van der Waals surface area contributed by atoms with Crippen LogP contribution in [0.1, 0.15) is 5.56 Å². The van der Waals surface area contributed by atoms with Crippen molar-refractivity contribution in [2.45, 2.75) is 16.4 Å². The molecule has 1 aliphatic heterocycles. The minimum absolute atomic E-state index is 0.133. The van der Waals surface area contributed by atoms with Gasteiger partial charge in [-0.05, 0) is 17.7 Å². The molecule has 3 aromatic carbocycles. The average molecular weight is 451 g/mol. The van der Waals surface area contributed by atoms with Gasteiger partial charge in [0.05, 0.1) is 5.69 Å². The molecular weight excluding hydrogens is 428 g/mol. The Bertz CT molecular complexity index is 1080. The van der Waals surface area contributed by atoms with Crippen LogP contribution >= 0.6 is 11.8 Å². The summed E-state index contributed by atoms with van der Waals surface area (Å²) in [7, 11) is 0. The Morgan fingerprint density at radius 1 is 0.906 bits per heavy atom. The molecule has 7 nitrogen and oxygen atoms in total. The van der Waals surface area contributed by atoms with Crippen LogP contribution in [-0.4, -0.2) is 31.8 Å². The van der Waals surface area contributed by atoms with Crippen molar-refractivity contribution in [3.63, 3.8) is 0 Å². The van der Waals surface area contributed by atoms with Crippen LogP contribution in [-0.2, 0) is 16.1 Å². The number of rotatable bonds is 7. The molecule has 0 unspecified atom stereocenters. The second kappa shape index (κ2) is 10.6. The van der Waals surface area contributed by atoms with E-state index < -0.39 is 6.09 Å². The van der Waals surface area contributed by atoms with Crippen molar-refractivity contribution in [2.24, 2.45) is 0 Å². The van der Waals surface area contributed by atoms with Crippen LogP contribution in [0, 0.1) is 0 Å². The van der Waals surface area contributed by atoms with Gasteiger partial charge < -0.3 is 24.8 Å². The minimum Gasteiger partial charge on any atom is -0.486 e. The number of carbonyl (C=O) groups is 2. The van der Waals surface area contributed by atoms with E-state index in [9.17, 15) is 9.59 Å². The maximum atomic E-state index is 12.5. The first-order chi connectivity index (χ1) is 15.7. The molecule has 0 saturated carbocycles. The SMILES string of the molecule is O=C(CNC(=O)OCc1ccccc1)Nc1cc2c(cc1Sc1ccccc1)OCCO2. The number of anilines is 1. The molecule has 2 amide bonds. The Morgan fingerprint density at radius 2 is 1.56 bits per heavy atom. The highest BCUT2D eigenvalue weighted by Gasteiger charge is 2.18. The van der Waals surface area contributed by atoms with Crippen LogP contribution in [0.3, 0.4) is 0 Å². The summed E-state index contributed by atoms with van der Waals surface area (Å²) >= 11 is 1.50. The lowest BCUT2D eigenvalue weighted by molar-refractivity contribution is -0.115. The molecule has 2 N–H and O–H groups in total. The molecule has 3 aromatic rings. The molecule has 0 aliphatic carbocycles. The fourth-order valence-electron chi connectivity index (χ4n) is 2.99. The second-order valence-electron chi connectivity index (χ2n) is 6.87. The molecule has 0 aromatic heterocycles. The number of fused-ring (bicyclic) bond motifs is 1. The topological polar surface area (TPSA) is 85.9 Å². The molecule has 0 atom stereocenters. The zero-order valence-electron chi connectivity index (χ0n) is 17.2. The standard InChI is InChI=1S/C24H22N2O5S/c27-23(15-25-24(28)31-16-17-7-3-1-4-8-17)26-19-13-20-21(30-12-11-29-20)14-22(19)32-18-9-5-2-6-10-18/h1-10,13-14H,11-12,15-16H2,(H,25,28)(H,26,27). The monoisotopic (exact) mass is 450 g/mol. The summed E-state index contributed by atoms with van der Waals surface area (Å²) in [5.74, 6) is 0.822. The third-order valence-corrected chi connectivity index (χ3v) is 5.56. The molecule has 8 heteroatoms. The molecule has 1 aliphatic rings. The zero-order chi connectivity index (χ0) is 22.2. The zero-order valence-corrected chi connectivity index (χ0v) is 18.0. The van der Waals surface area contributed by atoms with Crippen LogP contribution in [0.4, 0.5) is 10.5 Å². The summed E-state index contributed by atoms with van der Waals surface area (Å²) < 4.78 is 16.5. The van der Waals surface area contributed by atoms with E-state index in [1.165, 1.54) is 11.8 Å². The van der Waals surface area contributed by atoms with Gasteiger partial charge in [-0.2, -0.15) is 0 Å². The van der Waals surface area contributed by atoms with Crippen molar-refractivity contribution in [1.29, 1.82) is 0 Å². The molecule has 0 radical (unpaired) electrons. The highest BCUT2D eigenvalue weighted by molar-refractivity contribution is 7.99. The number of hydrogen-bond acceptors (Lipinski definition) is 6. The van der Waals surface area contributed by atoms with Crippen LogP contribution in [0.15, 0.2) is 82.6 Å². The van der Waals surface area contributed by atoms with Gasteiger partial charge in [0.2, 0.25) is 5.91 Å². The first-order valence-corrected chi connectivity index (χ1v) is 10.9. The number of carbonyl (C=O) groups excluding carboxylic acids is 2. The quantitative estimate of drug-likeness (QED) is 0.552. The van der Waals surface area contributed by atoms with Crippen LogP contribution in [0.2, 0.25) is 0 Å². The molecule has 0 bridgehead atoms. The predicted octanol–water partition coefficient (Wildman–Crippen LogP) is 4.47. The van der Waals surface area contributed by atoms with E-state index in [2.05, 4.69) is 10.6 Å². The third-order valence-electron chi connectivity index (χ3n) is 4.50. The Balaban J connectivity index is 1.38. The largest absolute Gasteiger partial charge is 0.486 e. The first kappa shape index (κ1) is 21.6. The highest BCUT2D eigenvalue weighted by Crippen LogP contribution is 2.42. The summed E-state index contributed by atoms with van der Waals surface area (Å²) in [5.41, 5.74) is 1.44. The summed E-state index contributed by atoms with van der Waals surface area (Å²) in [4.78, 5) is 26.2. The normalized spacial score (nSPS) is 12.0. The van der Waals surface area contributed by atoms with Crippen LogP contribution in [0.5, 0.6) is 11.5 Å². The number of nitrogens with one attached hydrogen (secondary N) is 2. The molecule has 4 rings (SSSR count). The Hall–Kier alpha value is -3.65. The van der Waals surface area contributed by atoms with Gasteiger partial charge in [0.1, 0.15) is 26.4 Å². The summed E-state index contributed by atoms with van der Waals surface area (Å²) in [6.07, 6.45) is -0.662. The molecular formula is C24H22N2O5S. The van der Waals surface area contributed by atoms with E-state index in [4.69, 9.17) is 14.2 Å². The number of benzene rings is 3. The third kappa shape index (κ3) is 5.95. The average Bonchev–Trinajstić information content (AvgIpc) is 2.83. The number of alkyl carbamates (subject to hydrolysis) is 1. The van der Waals surface area contributed by atoms with E-state index in [0.717, 1.165) is 15.4 Å². The van der Waals surface area contributed by atoms with Crippen molar-refractivity contribution in [3.05, 3.63) is 78.4 Å². The Kier molecular flexibility index (Phi) is 7.14. The van der Waals surface area contributed by atoms with Crippen molar-refractivity contribution >= 4 is 29.4 Å². The number of hydrogen-bond donors (Lipinski definition) is 2. The van der Waals surface area contributed by atoms with Gasteiger partial charge in [0.15, 0.2) is 11.5 Å². The maximum Gasteiger partial charge on any atom is 0.407 e. The molecule has 0 fully saturated rings. The Labute approximate surface area is 190 Å². The van der Waals surface area contributed by atoms with Gasteiger partial charge in [0, 0.05) is 21.9 Å². The van der Waals surface area contributed by atoms with E-state index in [-0.39, 0.29) is 19.1 Å². The van der Waals surface area contributed by atoms with Gasteiger partial charge in [-0.1, -0.05) is 60.3 Å². The van der Waals surface area contributed by atoms with Crippen molar-refractivity contribution < 1.29 is 23.8 Å². The summed E-state index contributed by atoms with van der Waals surface area (Å²) in [6.45, 7) is 0.829. The predicted molar refractivity (Wildman–Crippen MR) is 121 cm³/mol. The molecule has 0 saturated heterocycles. The van der Waals surface area contributed by atoms with Crippen LogP contribution in [0.25, 0.3) is 0 Å². The minimum atomic E-state index is -0.662. The van der Waals surface area contributed by atoms with Crippen molar-refractivity contribution in [3.8, 4) is 11.5 Å². The van der Waals surface area contributed by atoms with E-state index >= 15 is 0 Å². The van der Waals surface area contributed by atoms with Gasteiger partial charge in [-0.3, -0.25) is 4.79 Å². The van der Waals surface area contributed by atoms with Gasteiger partial charge >= 0.3 is 6.09 Å². The number of amides is 2. The lowest BCUT2D eigenvalue weighted by Crippen LogP contribution is -2.33. The second-order valence-corrected chi connectivity index (χ2v) is 7.99. The van der Waals surface area contributed by atoms with Gasteiger partial charge in [-0.15, -0.1) is 0 Å². The molecule has 32 heavy (non-hydrogen) atoms. The van der Waals surface area contributed by atoms with E-state index in [1.54, 1.807) is 6.07 Å². The van der Waals surface area contributed by atoms with Crippen molar-refractivity contribution in [2.75, 3.05) is 25.1 Å². The maximum absolute atomic E-state index is 12.5.